The Kier molecular flexibility index (Phi) is 8.20. The zero-order chi connectivity index (χ0) is 22.4. The largest absolute Gasteiger partial charge is 0.352 e. The van der Waals surface area contributed by atoms with Crippen LogP contribution in [0.3, 0.4) is 0 Å². The molecule has 30 heavy (non-hydrogen) atoms. The minimum atomic E-state index is -1.97. The minimum Gasteiger partial charge on any atom is -0.352 e. The van der Waals surface area contributed by atoms with Gasteiger partial charge in [0.1, 0.15) is 0 Å². The minimum absolute atomic E-state index is 0.0142. The first-order valence-electron chi connectivity index (χ1n) is 10.6. The van der Waals surface area contributed by atoms with Crippen LogP contribution in [0.25, 0.3) is 0 Å². The van der Waals surface area contributed by atoms with Crippen LogP contribution in [-0.4, -0.2) is 28.0 Å². The fourth-order valence-corrected chi connectivity index (χ4v) is 11.0. The van der Waals surface area contributed by atoms with E-state index in [9.17, 15) is 9.59 Å². The first-order chi connectivity index (χ1) is 14.0. The summed E-state index contributed by atoms with van der Waals surface area (Å²) in [4.78, 5) is 26.8. The normalized spacial score (nSPS) is 13.9. The van der Waals surface area contributed by atoms with Crippen molar-refractivity contribution in [1.29, 1.82) is 0 Å². The summed E-state index contributed by atoms with van der Waals surface area (Å²) in [6, 6.07) is 19.8. The molecule has 0 heterocycles. The number of carbonyl (C=O) groups is 2. The first-order valence-corrected chi connectivity index (χ1v) is 17.8. The fourth-order valence-electron chi connectivity index (χ4n) is 3.88. The third-order valence-corrected chi connectivity index (χ3v) is 10.6. The molecule has 162 valence electrons. The number of rotatable bonds is 9. The molecule has 2 atom stereocenters. The van der Waals surface area contributed by atoms with Crippen molar-refractivity contribution in [2.24, 2.45) is 0 Å². The Labute approximate surface area is 183 Å². The average molecular weight is 441 g/mol. The van der Waals surface area contributed by atoms with Gasteiger partial charge in [-0.2, -0.15) is 0 Å². The number of benzene rings is 2. The molecule has 0 radical (unpaired) electrons. The van der Waals surface area contributed by atoms with Gasteiger partial charge in [-0.3, -0.25) is 9.59 Å². The van der Waals surface area contributed by atoms with Crippen LogP contribution < -0.4 is 10.6 Å². The zero-order valence-corrected chi connectivity index (χ0v) is 21.2. The van der Waals surface area contributed by atoms with Crippen molar-refractivity contribution in [3.8, 4) is 0 Å². The van der Waals surface area contributed by atoms with Crippen molar-refractivity contribution in [3.05, 3.63) is 71.8 Å². The number of hydrogen-bond donors (Lipinski definition) is 2. The molecule has 0 spiro atoms. The molecule has 0 aliphatic carbocycles. The van der Waals surface area contributed by atoms with E-state index in [2.05, 4.69) is 49.9 Å². The third-order valence-electron chi connectivity index (χ3n) is 5.38. The molecule has 4 nitrogen and oxygen atoms in total. The predicted molar refractivity (Wildman–Crippen MR) is 131 cm³/mol. The summed E-state index contributed by atoms with van der Waals surface area (Å²) in [6.07, 6.45) is 0. The van der Waals surface area contributed by atoms with E-state index < -0.39 is 16.1 Å². The van der Waals surface area contributed by atoms with Gasteiger partial charge in [-0.1, -0.05) is 99.9 Å². The van der Waals surface area contributed by atoms with Gasteiger partial charge in [-0.15, -0.1) is 0 Å². The highest BCUT2D eigenvalue weighted by molar-refractivity contribution is 6.87. The van der Waals surface area contributed by atoms with Crippen LogP contribution in [0.2, 0.25) is 50.4 Å². The lowest BCUT2D eigenvalue weighted by Crippen LogP contribution is -2.52. The van der Waals surface area contributed by atoms with Crippen molar-refractivity contribution in [2.75, 3.05) is 0 Å². The summed E-state index contributed by atoms with van der Waals surface area (Å²) in [6.45, 7) is 14.1. The van der Waals surface area contributed by atoms with Crippen LogP contribution in [-0.2, 0) is 22.7 Å². The molecule has 2 aromatic rings. The highest BCUT2D eigenvalue weighted by atomic mass is 28.3. The Morgan fingerprint density at radius 2 is 0.933 bits per heavy atom. The second-order valence-electron chi connectivity index (χ2n) is 10.1. The number of hydrogen-bond acceptors (Lipinski definition) is 2. The van der Waals surface area contributed by atoms with E-state index in [4.69, 9.17) is 0 Å². The molecule has 2 amide bonds. The second kappa shape index (κ2) is 10.2. The average Bonchev–Trinajstić information content (AvgIpc) is 2.68. The number of nitrogens with one attached hydrogen (secondary N) is 2. The molecule has 0 aromatic heterocycles. The van der Waals surface area contributed by atoms with Gasteiger partial charge in [-0.25, -0.2) is 0 Å². The summed E-state index contributed by atoms with van der Waals surface area (Å²) in [5, 5.41) is 6.25. The number of amides is 2. The Hall–Kier alpha value is -2.19. The molecule has 2 rings (SSSR count). The predicted octanol–water partition coefficient (Wildman–Crippen LogP) is 5.04. The maximum absolute atomic E-state index is 13.4. The van der Waals surface area contributed by atoms with E-state index in [1.165, 1.54) is 0 Å². The lowest BCUT2D eigenvalue weighted by molar-refractivity contribution is -0.126. The van der Waals surface area contributed by atoms with Gasteiger partial charge in [-0.05, 0) is 11.1 Å². The molecule has 0 saturated heterocycles. The SMILES string of the molecule is C[Si](C)(C)[C@@H](C(=O)NCc1ccccc1)[C@H](C(=O)NCc1ccccc1)[Si](C)(C)C. The molecule has 6 heteroatoms. The van der Waals surface area contributed by atoms with Gasteiger partial charge in [0.25, 0.3) is 0 Å². The van der Waals surface area contributed by atoms with Gasteiger partial charge in [0, 0.05) is 24.2 Å². The van der Waals surface area contributed by atoms with Crippen molar-refractivity contribution in [1.82, 2.24) is 10.6 Å². The third kappa shape index (κ3) is 6.95. The summed E-state index contributed by atoms with van der Waals surface area (Å²) in [5.74, 6) is 0.0283. The molecule has 0 aliphatic heterocycles. The summed E-state index contributed by atoms with van der Waals surface area (Å²) in [7, 11) is -3.94. The van der Waals surface area contributed by atoms with Crippen LogP contribution in [0.5, 0.6) is 0 Å². The molecular formula is C24H36N2O2Si2. The first kappa shape index (κ1) is 24.1. The molecule has 2 aromatic carbocycles. The fraction of sp³-hybridized carbons (Fsp3) is 0.417. The van der Waals surface area contributed by atoms with Gasteiger partial charge in [0.2, 0.25) is 11.8 Å². The van der Waals surface area contributed by atoms with E-state index >= 15 is 0 Å². The molecule has 0 saturated carbocycles. The van der Waals surface area contributed by atoms with Gasteiger partial charge < -0.3 is 10.6 Å². The molecule has 0 bridgehead atoms. The molecule has 0 unspecified atom stereocenters. The monoisotopic (exact) mass is 440 g/mol. The smallest absolute Gasteiger partial charge is 0.221 e. The maximum atomic E-state index is 13.4. The van der Waals surface area contributed by atoms with Crippen LogP contribution in [0.15, 0.2) is 60.7 Å². The lowest BCUT2D eigenvalue weighted by Gasteiger charge is -2.40. The van der Waals surface area contributed by atoms with Crippen LogP contribution in [0.1, 0.15) is 11.1 Å². The Morgan fingerprint density at radius 1 is 0.633 bits per heavy atom. The van der Waals surface area contributed by atoms with E-state index in [0.717, 1.165) is 11.1 Å². The second-order valence-corrected chi connectivity index (χ2v) is 20.8. The summed E-state index contributed by atoms with van der Waals surface area (Å²) in [5.41, 5.74) is 1.61. The Morgan fingerprint density at radius 3 is 1.20 bits per heavy atom. The molecule has 2 N–H and O–H groups in total. The Balaban J connectivity index is 2.22. The molecule has 0 aliphatic rings. The van der Waals surface area contributed by atoms with E-state index in [-0.39, 0.29) is 22.9 Å². The van der Waals surface area contributed by atoms with Crippen LogP contribution in [0, 0.1) is 0 Å². The highest BCUT2D eigenvalue weighted by Crippen LogP contribution is 2.41. The standard InChI is InChI=1S/C24H36N2O2Si2/c1-29(2,3)21(23(27)25-17-19-13-9-7-10-14-19)22(30(4,5)6)24(28)26-18-20-15-11-8-12-16-20/h7-16,21-22H,17-18H2,1-6H3,(H,25,27)(H,26,28)/t21-,22-/m1/s1. The summed E-state index contributed by atoms with van der Waals surface area (Å²) >= 11 is 0. The van der Waals surface area contributed by atoms with Gasteiger partial charge in [0.15, 0.2) is 0 Å². The van der Waals surface area contributed by atoms with Crippen LogP contribution >= 0.6 is 0 Å². The van der Waals surface area contributed by atoms with E-state index in [1.807, 2.05) is 60.7 Å². The van der Waals surface area contributed by atoms with Crippen molar-refractivity contribution >= 4 is 28.0 Å². The quantitative estimate of drug-likeness (QED) is 0.537. The van der Waals surface area contributed by atoms with Crippen molar-refractivity contribution in [2.45, 2.75) is 63.5 Å². The van der Waals surface area contributed by atoms with Crippen molar-refractivity contribution < 1.29 is 9.59 Å². The van der Waals surface area contributed by atoms with Crippen LogP contribution in [0.4, 0.5) is 0 Å². The highest BCUT2D eigenvalue weighted by Gasteiger charge is 2.48. The van der Waals surface area contributed by atoms with Gasteiger partial charge >= 0.3 is 0 Å². The zero-order valence-electron chi connectivity index (χ0n) is 19.2. The summed E-state index contributed by atoms with van der Waals surface area (Å²) < 4.78 is 0. The topological polar surface area (TPSA) is 58.2 Å². The van der Waals surface area contributed by atoms with E-state index in [0.29, 0.717) is 13.1 Å². The van der Waals surface area contributed by atoms with E-state index in [1.54, 1.807) is 0 Å². The molecule has 0 fully saturated rings. The maximum Gasteiger partial charge on any atom is 0.221 e. The Bertz CT molecular complexity index is 756. The molecular weight excluding hydrogens is 404 g/mol. The lowest BCUT2D eigenvalue weighted by atomic mass is 10.2. The number of carbonyl (C=O) groups excluding carboxylic acids is 2. The van der Waals surface area contributed by atoms with Gasteiger partial charge in [0.05, 0.1) is 16.1 Å². The van der Waals surface area contributed by atoms with Crippen molar-refractivity contribution in [3.63, 3.8) is 0 Å².